The summed E-state index contributed by atoms with van der Waals surface area (Å²) < 4.78 is 1.96. The number of anilines is 1. The number of fused-ring (bicyclic) bond motifs is 1. The summed E-state index contributed by atoms with van der Waals surface area (Å²) in [6, 6.07) is 11.9. The van der Waals surface area contributed by atoms with Crippen molar-refractivity contribution >= 4 is 16.7 Å². The van der Waals surface area contributed by atoms with Gasteiger partial charge in [0.1, 0.15) is 17.7 Å². The molecule has 0 fully saturated rings. The maximum Gasteiger partial charge on any atom is 0.147 e. The molecule has 0 aliphatic carbocycles. The summed E-state index contributed by atoms with van der Waals surface area (Å²) in [4.78, 5) is 10.9. The van der Waals surface area contributed by atoms with E-state index in [9.17, 15) is 5.26 Å². The van der Waals surface area contributed by atoms with Crippen LogP contribution in [0.15, 0.2) is 42.7 Å². The SMILES string of the molecule is CN(Cc1nccn1C)c1nc2ccccc2cc1C#N. The fourth-order valence-electron chi connectivity index (χ4n) is 2.31. The number of benzene rings is 1. The molecule has 1 aromatic carbocycles. The number of rotatable bonds is 3. The van der Waals surface area contributed by atoms with Gasteiger partial charge in [-0.25, -0.2) is 9.97 Å². The molecule has 0 saturated heterocycles. The summed E-state index contributed by atoms with van der Waals surface area (Å²) in [6.45, 7) is 0.601. The molecule has 2 heterocycles. The van der Waals surface area contributed by atoms with Crippen LogP contribution in [-0.2, 0) is 13.6 Å². The number of aromatic nitrogens is 3. The van der Waals surface area contributed by atoms with E-state index in [0.717, 1.165) is 16.7 Å². The Kier molecular flexibility index (Phi) is 3.28. The lowest BCUT2D eigenvalue weighted by molar-refractivity contribution is 0.756. The van der Waals surface area contributed by atoms with Crippen LogP contribution >= 0.6 is 0 Å². The number of nitriles is 1. The first kappa shape index (κ1) is 13.1. The maximum atomic E-state index is 9.37. The molecule has 21 heavy (non-hydrogen) atoms. The number of imidazole rings is 1. The Morgan fingerprint density at radius 1 is 1.33 bits per heavy atom. The summed E-state index contributed by atoms with van der Waals surface area (Å²) in [6.07, 6.45) is 3.67. The largest absolute Gasteiger partial charge is 0.351 e. The Labute approximate surface area is 123 Å². The fourth-order valence-corrected chi connectivity index (χ4v) is 2.31. The Hall–Kier alpha value is -2.87. The van der Waals surface area contributed by atoms with Crippen molar-refractivity contribution in [2.24, 2.45) is 7.05 Å². The molecule has 104 valence electrons. The van der Waals surface area contributed by atoms with E-state index in [1.807, 2.05) is 60.1 Å². The third-order valence-electron chi connectivity index (χ3n) is 3.49. The maximum absolute atomic E-state index is 9.37. The molecule has 0 unspecified atom stereocenters. The van der Waals surface area contributed by atoms with Crippen molar-refractivity contribution in [1.29, 1.82) is 5.26 Å². The van der Waals surface area contributed by atoms with Crippen LogP contribution in [0, 0.1) is 11.3 Å². The standard InChI is InChI=1S/C16H15N5/c1-20-8-7-18-15(20)11-21(2)16-13(10-17)9-12-5-3-4-6-14(12)19-16/h3-9H,11H2,1-2H3. The second kappa shape index (κ2) is 5.25. The minimum absolute atomic E-state index is 0.574. The van der Waals surface area contributed by atoms with Crippen molar-refractivity contribution in [3.8, 4) is 6.07 Å². The molecule has 5 heteroatoms. The van der Waals surface area contributed by atoms with Crippen LogP contribution in [0.25, 0.3) is 10.9 Å². The van der Waals surface area contributed by atoms with Gasteiger partial charge in [0.05, 0.1) is 17.6 Å². The average Bonchev–Trinajstić information content (AvgIpc) is 2.91. The van der Waals surface area contributed by atoms with Crippen LogP contribution in [0.2, 0.25) is 0 Å². The van der Waals surface area contributed by atoms with Crippen molar-refractivity contribution in [2.75, 3.05) is 11.9 Å². The van der Waals surface area contributed by atoms with Crippen molar-refractivity contribution in [3.05, 3.63) is 54.1 Å². The Bertz CT molecular complexity index is 828. The Morgan fingerprint density at radius 3 is 2.86 bits per heavy atom. The van der Waals surface area contributed by atoms with Gasteiger partial charge in [-0.2, -0.15) is 5.26 Å². The van der Waals surface area contributed by atoms with E-state index in [4.69, 9.17) is 0 Å². The zero-order valence-electron chi connectivity index (χ0n) is 12.0. The van der Waals surface area contributed by atoms with Crippen molar-refractivity contribution in [3.63, 3.8) is 0 Å². The highest BCUT2D eigenvalue weighted by Gasteiger charge is 2.13. The predicted octanol–water partition coefficient (Wildman–Crippen LogP) is 2.48. The van der Waals surface area contributed by atoms with E-state index in [0.29, 0.717) is 17.9 Å². The van der Waals surface area contributed by atoms with E-state index in [1.165, 1.54) is 0 Å². The minimum atomic E-state index is 0.574. The lowest BCUT2D eigenvalue weighted by atomic mass is 10.1. The van der Waals surface area contributed by atoms with Gasteiger partial charge in [0.2, 0.25) is 0 Å². The first-order valence-electron chi connectivity index (χ1n) is 6.66. The number of nitrogens with zero attached hydrogens (tertiary/aromatic N) is 5. The van der Waals surface area contributed by atoms with E-state index in [-0.39, 0.29) is 0 Å². The normalized spacial score (nSPS) is 10.5. The lowest BCUT2D eigenvalue weighted by Gasteiger charge is -2.19. The summed E-state index contributed by atoms with van der Waals surface area (Å²) >= 11 is 0. The second-order valence-electron chi connectivity index (χ2n) is 4.97. The first-order chi connectivity index (χ1) is 10.2. The van der Waals surface area contributed by atoms with Crippen LogP contribution < -0.4 is 4.90 Å². The zero-order valence-corrected chi connectivity index (χ0v) is 12.0. The monoisotopic (exact) mass is 277 g/mol. The Morgan fingerprint density at radius 2 is 2.14 bits per heavy atom. The summed E-state index contributed by atoms with van der Waals surface area (Å²) in [5, 5.41) is 10.3. The lowest BCUT2D eigenvalue weighted by Crippen LogP contribution is -2.21. The predicted molar refractivity (Wildman–Crippen MR) is 81.8 cm³/mol. The molecular weight excluding hydrogens is 262 g/mol. The van der Waals surface area contributed by atoms with Gasteiger partial charge in [-0.15, -0.1) is 0 Å². The molecule has 0 aliphatic heterocycles. The van der Waals surface area contributed by atoms with Crippen molar-refractivity contribution in [2.45, 2.75) is 6.54 Å². The average molecular weight is 277 g/mol. The van der Waals surface area contributed by atoms with Gasteiger partial charge in [0.15, 0.2) is 0 Å². The van der Waals surface area contributed by atoms with Crippen LogP contribution in [-0.4, -0.2) is 21.6 Å². The first-order valence-corrected chi connectivity index (χ1v) is 6.66. The molecule has 0 spiro atoms. The molecule has 0 N–H and O–H groups in total. The quantitative estimate of drug-likeness (QED) is 0.738. The van der Waals surface area contributed by atoms with Gasteiger partial charge >= 0.3 is 0 Å². The highest BCUT2D eigenvalue weighted by atomic mass is 15.2. The second-order valence-corrected chi connectivity index (χ2v) is 4.97. The molecule has 0 bridgehead atoms. The summed E-state index contributed by atoms with van der Waals surface area (Å²) in [7, 11) is 3.88. The van der Waals surface area contributed by atoms with Crippen LogP contribution in [0.1, 0.15) is 11.4 Å². The number of para-hydroxylation sites is 1. The van der Waals surface area contributed by atoms with Crippen molar-refractivity contribution < 1.29 is 0 Å². The third-order valence-corrected chi connectivity index (χ3v) is 3.49. The van der Waals surface area contributed by atoms with Gasteiger partial charge in [-0.1, -0.05) is 18.2 Å². The number of aryl methyl sites for hydroxylation is 1. The molecule has 5 nitrogen and oxygen atoms in total. The molecule has 0 amide bonds. The molecule has 0 aliphatic rings. The van der Waals surface area contributed by atoms with Gasteiger partial charge in [0, 0.05) is 31.9 Å². The topological polar surface area (TPSA) is 57.7 Å². The highest BCUT2D eigenvalue weighted by Crippen LogP contribution is 2.23. The zero-order chi connectivity index (χ0) is 14.8. The van der Waals surface area contributed by atoms with Crippen LogP contribution in [0.3, 0.4) is 0 Å². The molecule has 0 saturated carbocycles. The van der Waals surface area contributed by atoms with Crippen LogP contribution in [0.4, 0.5) is 5.82 Å². The van der Waals surface area contributed by atoms with E-state index >= 15 is 0 Å². The number of pyridine rings is 1. The smallest absolute Gasteiger partial charge is 0.147 e. The molecule has 3 aromatic rings. The number of hydrogen-bond donors (Lipinski definition) is 0. The van der Waals surface area contributed by atoms with E-state index in [1.54, 1.807) is 6.20 Å². The molecular formula is C16H15N5. The highest BCUT2D eigenvalue weighted by molar-refractivity contribution is 5.82. The number of hydrogen-bond acceptors (Lipinski definition) is 4. The van der Waals surface area contributed by atoms with Gasteiger partial charge in [-0.3, -0.25) is 0 Å². The van der Waals surface area contributed by atoms with Gasteiger partial charge < -0.3 is 9.47 Å². The molecule has 0 atom stereocenters. The summed E-state index contributed by atoms with van der Waals surface area (Å²) in [5.41, 5.74) is 1.46. The Balaban J connectivity index is 2.02. The van der Waals surface area contributed by atoms with Crippen molar-refractivity contribution in [1.82, 2.24) is 14.5 Å². The van der Waals surface area contributed by atoms with E-state index in [2.05, 4.69) is 16.0 Å². The van der Waals surface area contributed by atoms with Gasteiger partial charge in [-0.05, 0) is 12.1 Å². The minimum Gasteiger partial charge on any atom is -0.351 e. The van der Waals surface area contributed by atoms with Gasteiger partial charge in [0.25, 0.3) is 0 Å². The van der Waals surface area contributed by atoms with Crippen LogP contribution in [0.5, 0.6) is 0 Å². The molecule has 0 radical (unpaired) electrons. The fraction of sp³-hybridized carbons (Fsp3) is 0.188. The summed E-state index contributed by atoms with van der Waals surface area (Å²) in [5.74, 6) is 1.61. The molecule has 3 rings (SSSR count). The van der Waals surface area contributed by atoms with E-state index < -0.39 is 0 Å². The third kappa shape index (κ3) is 2.43. The molecule has 2 aromatic heterocycles.